The van der Waals surface area contributed by atoms with E-state index >= 15 is 0 Å². The molecule has 0 aliphatic carbocycles. The van der Waals surface area contributed by atoms with Crippen LogP contribution in [0.4, 0.5) is 24.9 Å². The summed E-state index contributed by atoms with van der Waals surface area (Å²) in [5, 5.41) is 3.10. The zero-order valence-electron chi connectivity index (χ0n) is 21.9. The zero-order valence-corrected chi connectivity index (χ0v) is 21.9. The number of nitrogens with one attached hydrogen (secondary N) is 1. The van der Waals surface area contributed by atoms with Crippen LogP contribution in [-0.4, -0.2) is 59.2 Å². The van der Waals surface area contributed by atoms with Crippen molar-refractivity contribution in [3.8, 4) is 39.9 Å². The van der Waals surface area contributed by atoms with Crippen LogP contribution in [0.1, 0.15) is 12.5 Å². The van der Waals surface area contributed by atoms with Gasteiger partial charge in [-0.25, -0.2) is 19.9 Å². The second kappa shape index (κ2) is 12.0. The molecule has 0 aliphatic heterocycles. The Kier molecular flexibility index (Phi) is 8.48. The third-order valence-corrected chi connectivity index (χ3v) is 5.58. The summed E-state index contributed by atoms with van der Waals surface area (Å²) < 4.78 is 55.6. The number of benzene rings is 1. The highest BCUT2D eigenvalue weighted by atomic mass is 19.4. The van der Waals surface area contributed by atoms with E-state index in [1.807, 2.05) is 6.92 Å². The number of methoxy groups -OCH3 is 2. The summed E-state index contributed by atoms with van der Waals surface area (Å²) in [4.78, 5) is 21.8. The molecular formula is C26H27F3N8O3. The predicted octanol–water partition coefficient (Wildman–Crippen LogP) is 4.27. The molecule has 0 saturated carbocycles. The lowest BCUT2D eigenvalue weighted by Gasteiger charge is -2.10. The number of nitrogens with two attached hydrogens (primary N) is 2. The fraction of sp³-hybridized carbons (Fsp3) is 0.269. The molecule has 4 aromatic rings. The van der Waals surface area contributed by atoms with Crippen LogP contribution in [0.5, 0.6) is 5.75 Å². The Labute approximate surface area is 227 Å². The van der Waals surface area contributed by atoms with Crippen molar-refractivity contribution in [2.24, 2.45) is 10.7 Å². The van der Waals surface area contributed by atoms with E-state index in [1.165, 1.54) is 38.7 Å². The van der Waals surface area contributed by atoms with E-state index in [1.54, 1.807) is 12.1 Å². The molecule has 210 valence electrons. The molecule has 0 fully saturated rings. The maximum Gasteiger partial charge on any atom is 0.416 e. The van der Waals surface area contributed by atoms with Gasteiger partial charge >= 0.3 is 6.18 Å². The first-order chi connectivity index (χ1) is 19.1. The van der Waals surface area contributed by atoms with Crippen molar-refractivity contribution in [2.45, 2.75) is 19.1 Å². The molecule has 0 aliphatic rings. The van der Waals surface area contributed by atoms with Crippen LogP contribution in [0.2, 0.25) is 0 Å². The summed E-state index contributed by atoms with van der Waals surface area (Å²) >= 11 is 0. The standard InChI is InChI=1S/C26H27F3N8O3/c1-14(35-20(30)13-38-2)11-34-25-32-9-8-18(36-25)22-21(16-10-19(39-3)23(31)33-12-16)37-24(40-22)15-4-6-17(7-5-15)26(27,28)29/h4-10,12,14H,11,13H2,1-3H3,(H2,30,35)(H2,31,33)(H,32,34,36). The Hall–Kier alpha value is -4.72. The number of ether oxygens (including phenoxy) is 2. The summed E-state index contributed by atoms with van der Waals surface area (Å²) in [6, 6.07) is 7.55. The SMILES string of the molecule is COCC(N)=NC(C)CNc1nccc(-c2oc(-c3ccc(C(F)(F)F)cc3)nc2-c2cnc(N)c(OC)c2)n1. The van der Waals surface area contributed by atoms with Gasteiger partial charge in [-0.15, -0.1) is 0 Å². The number of rotatable bonds is 10. The van der Waals surface area contributed by atoms with E-state index in [0.29, 0.717) is 40.6 Å². The Morgan fingerprint density at radius 2 is 1.85 bits per heavy atom. The first-order valence-corrected chi connectivity index (χ1v) is 12.0. The van der Waals surface area contributed by atoms with E-state index in [2.05, 4.69) is 30.2 Å². The Balaban J connectivity index is 1.71. The summed E-state index contributed by atoms with van der Waals surface area (Å²) in [5.41, 5.74) is 12.4. The molecule has 4 rings (SSSR count). The molecule has 0 radical (unpaired) electrons. The number of oxazole rings is 1. The van der Waals surface area contributed by atoms with Gasteiger partial charge in [0.25, 0.3) is 0 Å². The van der Waals surface area contributed by atoms with Crippen LogP contribution in [0.25, 0.3) is 34.2 Å². The lowest BCUT2D eigenvalue weighted by molar-refractivity contribution is -0.137. The molecule has 14 heteroatoms. The molecule has 0 spiro atoms. The Morgan fingerprint density at radius 1 is 1.10 bits per heavy atom. The number of anilines is 2. The minimum atomic E-state index is -4.47. The smallest absolute Gasteiger partial charge is 0.416 e. The molecule has 0 saturated heterocycles. The third-order valence-electron chi connectivity index (χ3n) is 5.58. The number of amidine groups is 1. The maximum atomic E-state index is 13.1. The van der Waals surface area contributed by atoms with Gasteiger partial charge in [-0.2, -0.15) is 13.2 Å². The number of nitrogens with zero attached hydrogens (tertiary/aromatic N) is 5. The summed E-state index contributed by atoms with van der Waals surface area (Å²) in [6.07, 6.45) is -1.45. The van der Waals surface area contributed by atoms with Crippen molar-refractivity contribution >= 4 is 17.6 Å². The monoisotopic (exact) mass is 556 g/mol. The van der Waals surface area contributed by atoms with Crippen LogP contribution in [-0.2, 0) is 10.9 Å². The second-order valence-corrected chi connectivity index (χ2v) is 8.63. The van der Waals surface area contributed by atoms with E-state index < -0.39 is 11.7 Å². The van der Waals surface area contributed by atoms with Crippen molar-refractivity contribution in [2.75, 3.05) is 38.4 Å². The van der Waals surface area contributed by atoms with Crippen LogP contribution in [0.15, 0.2) is 58.2 Å². The summed E-state index contributed by atoms with van der Waals surface area (Å²) in [6.45, 7) is 2.47. The quantitative estimate of drug-likeness (QED) is 0.190. The molecular weight excluding hydrogens is 529 g/mol. The number of alkyl halides is 3. The minimum Gasteiger partial charge on any atom is -0.493 e. The average Bonchev–Trinajstić information content (AvgIpc) is 3.38. The van der Waals surface area contributed by atoms with Gasteiger partial charge in [0.2, 0.25) is 11.8 Å². The van der Waals surface area contributed by atoms with E-state index in [-0.39, 0.29) is 36.1 Å². The van der Waals surface area contributed by atoms with Crippen molar-refractivity contribution in [3.63, 3.8) is 0 Å². The summed E-state index contributed by atoms with van der Waals surface area (Å²) in [7, 11) is 2.98. The predicted molar refractivity (Wildman–Crippen MR) is 144 cm³/mol. The molecule has 5 N–H and O–H groups in total. The van der Waals surface area contributed by atoms with Crippen LogP contribution < -0.4 is 21.5 Å². The number of halogens is 3. The van der Waals surface area contributed by atoms with E-state index in [4.69, 9.17) is 25.4 Å². The maximum absolute atomic E-state index is 13.1. The third kappa shape index (κ3) is 6.64. The van der Waals surface area contributed by atoms with E-state index in [9.17, 15) is 13.2 Å². The molecule has 1 atom stereocenters. The molecule has 1 aromatic carbocycles. The fourth-order valence-electron chi connectivity index (χ4n) is 3.69. The number of hydrogen-bond acceptors (Lipinski definition) is 10. The van der Waals surface area contributed by atoms with Gasteiger partial charge in [-0.1, -0.05) is 0 Å². The first kappa shape index (κ1) is 28.3. The van der Waals surface area contributed by atoms with Gasteiger partial charge in [-0.3, -0.25) is 4.99 Å². The Morgan fingerprint density at radius 3 is 2.52 bits per heavy atom. The van der Waals surface area contributed by atoms with Gasteiger partial charge in [0.1, 0.15) is 23.8 Å². The van der Waals surface area contributed by atoms with E-state index in [0.717, 1.165) is 12.1 Å². The van der Waals surface area contributed by atoms with Crippen molar-refractivity contribution < 1.29 is 27.1 Å². The number of nitrogen functional groups attached to an aromatic ring is 1. The minimum absolute atomic E-state index is 0.0826. The average molecular weight is 557 g/mol. The summed E-state index contributed by atoms with van der Waals surface area (Å²) in [5.74, 6) is 1.46. The number of aromatic nitrogens is 4. The lowest BCUT2D eigenvalue weighted by Crippen LogP contribution is -2.24. The lowest BCUT2D eigenvalue weighted by atomic mass is 10.1. The molecule has 3 aromatic heterocycles. The number of hydrogen-bond donors (Lipinski definition) is 3. The van der Waals surface area contributed by atoms with Crippen molar-refractivity contribution in [1.82, 2.24) is 19.9 Å². The highest BCUT2D eigenvalue weighted by Gasteiger charge is 2.30. The fourth-order valence-corrected chi connectivity index (χ4v) is 3.69. The highest BCUT2D eigenvalue weighted by molar-refractivity contribution is 5.81. The Bertz CT molecular complexity index is 1490. The number of aliphatic imine (C=N–C) groups is 1. The number of pyridine rings is 1. The molecule has 0 bridgehead atoms. The zero-order chi connectivity index (χ0) is 28.9. The van der Waals surface area contributed by atoms with Gasteiger partial charge in [0, 0.05) is 37.2 Å². The molecule has 11 nitrogen and oxygen atoms in total. The normalized spacial score (nSPS) is 12.8. The first-order valence-electron chi connectivity index (χ1n) is 12.0. The second-order valence-electron chi connectivity index (χ2n) is 8.63. The van der Waals surface area contributed by atoms with Crippen LogP contribution in [0.3, 0.4) is 0 Å². The van der Waals surface area contributed by atoms with Gasteiger partial charge in [0.15, 0.2) is 17.3 Å². The molecule has 3 heterocycles. The highest BCUT2D eigenvalue weighted by Crippen LogP contribution is 2.38. The van der Waals surface area contributed by atoms with Gasteiger partial charge < -0.3 is 30.7 Å². The van der Waals surface area contributed by atoms with Crippen LogP contribution >= 0.6 is 0 Å². The topological polar surface area (TPSA) is 160 Å². The van der Waals surface area contributed by atoms with Gasteiger partial charge in [0.05, 0.1) is 18.7 Å². The van der Waals surface area contributed by atoms with Crippen molar-refractivity contribution in [1.29, 1.82) is 0 Å². The largest absolute Gasteiger partial charge is 0.493 e. The molecule has 40 heavy (non-hydrogen) atoms. The van der Waals surface area contributed by atoms with Crippen molar-refractivity contribution in [3.05, 3.63) is 54.4 Å². The van der Waals surface area contributed by atoms with Crippen LogP contribution in [0, 0.1) is 0 Å². The molecule has 1 unspecified atom stereocenters. The van der Waals surface area contributed by atoms with Gasteiger partial charge in [-0.05, 0) is 43.3 Å². The molecule has 0 amide bonds.